The zero-order valence-electron chi connectivity index (χ0n) is 8.49. The summed E-state index contributed by atoms with van der Waals surface area (Å²) in [7, 11) is 0. The monoisotopic (exact) mass is 224 g/mol. The third kappa shape index (κ3) is 5.43. The fourth-order valence-corrected chi connectivity index (χ4v) is 0.601. The molecule has 0 aliphatic carbocycles. The fraction of sp³-hybridized carbons (Fsp3) is 0.600. The molecule has 0 radical (unpaired) electrons. The van der Waals surface area contributed by atoms with Gasteiger partial charge in [0.15, 0.2) is 0 Å². The molecule has 0 amide bonds. The molecule has 5 heteroatoms. The Morgan fingerprint density at radius 3 is 2.33 bits per heavy atom. The Balaban J connectivity index is 4.32. The van der Waals surface area contributed by atoms with Gasteiger partial charge in [-0.15, -0.1) is 0 Å². The topological polar surface area (TPSA) is 9.23 Å². The lowest BCUT2D eigenvalue weighted by atomic mass is 10.1. The summed E-state index contributed by atoms with van der Waals surface area (Å²) < 4.78 is 53.0. The van der Waals surface area contributed by atoms with Gasteiger partial charge < -0.3 is 4.74 Å². The molecule has 1 nitrogen and oxygen atoms in total. The predicted molar refractivity (Wildman–Crippen MR) is 49.0 cm³/mol. The van der Waals surface area contributed by atoms with Crippen LogP contribution >= 0.6 is 0 Å². The molecule has 0 bridgehead atoms. The van der Waals surface area contributed by atoms with Crippen LogP contribution in [0.4, 0.5) is 17.6 Å². The quantitative estimate of drug-likeness (QED) is 0.527. The summed E-state index contributed by atoms with van der Waals surface area (Å²) in [5.41, 5.74) is -1.20. The lowest BCUT2D eigenvalue weighted by Crippen LogP contribution is -2.37. The number of hydrogen-bond donors (Lipinski definition) is 0. The zero-order chi connectivity index (χ0) is 12.1. The van der Waals surface area contributed by atoms with Crippen LogP contribution in [0.15, 0.2) is 12.7 Å². The Kier molecular flexibility index (Phi) is 4.82. The van der Waals surface area contributed by atoms with E-state index in [2.05, 4.69) is 23.2 Å². The van der Waals surface area contributed by atoms with Crippen LogP contribution in [0.25, 0.3) is 0 Å². The van der Waals surface area contributed by atoms with Gasteiger partial charge in [-0.3, -0.25) is 0 Å². The molecule has 0 aromatic rings. The van der Waals surface area contributed by atoms with Crippen LogP contribution in [0.5, 0.6) is 0 Å². The SMILES string of the molecule is C=CC#CC(C)(C)OCC(F)(F)C(F)F. The van der Waals surface area contributed by atoms with Gasteiger partial charge in [0.1, 0.15) is 12.2 Å². The predicted octanol–water partition coefficient (Wildman–Crippen LogP) is 2.87. The van der Waals surface area contributed by atoms with Gasteiger partial charge in [0, 0.05) is 0 Å². The smallest absolute Gasteiger partial charge is 0.330 e. The van der Waals surface area contributed by atoms with E-state index < -0.39 is 24.6 Å². The summed E-state index contributed by atoms with van der Waals surface area (Å²) in [5.74, 6) is 0.716. The lowest BCUT2D eigenvalue weighted by molar-refractivity contribution is -0.181. The average molecular weight is 224 g/mol. The molecule has 0 spiro atoms. The Bertz CT molecular complexity index is 273. The number of halogens is 4. The second-order valence-corrected chi connectivity index (χ2v) is 3.33. The average Bonchev–Trinajstić information content (AvgIpc) is 2.12. The van der Waals surface area contributed by atoms with Crippen LogP contribution in [0, 0.1) is 11.8 Å². The summed E-state index contributed by atoms with van der Waals surface area (Å²) in [6, 6.07) is 0. The van der Waals surface area contributed by atoms with Gasteiger partial charge in [-0.2, -0.15) is 8.78 Å². The van der Waals surface area contributed by atoms with Crippen LogP contribution < -0.4 is 0 Å². The van der Waals surface area contributed by atoms with Crippen molar-refractivity contribution in [2.24, 2.45) is 0 Å². The third-order valence-corrected chi connectivity index (χ3v) is 1.42. The summed E-state index contributed by atoms with van der Waals surface area (Å²) >= 11 is 0. The molecule has 0 atom stereocenters. The molecule has 0 unspecified atom stereocenters. The molecular weight excluding hydrogens is 212 g/mol. The van der Waals surface area contributed by atoms with E-state index in [1.165, 1.54) is 19.9 Å². The van der Waals surface area contributed by atoms with Crippen molar-refractivity contribution in [2.45, 2.75) is 31.8 Å². The van der Waals surface area contributed by atoms with Gasteiger partial charge in [0.05, 0.1) is 0 Å². The molecule has 0 saturated heterocycles. The highest BCUT2D eigenvalue weighted by Crippen LogP contribution is 2.24. The van der Waals surface area contributed by atoms with Crippen molar-refractivity contribution >= 4 is 0 Å². The molecule has 0 heterocycles. The Morgan fingerprint density at radius 2 is 1.93 bits per heavy atom. The molecule has 0 aromatic heterocycles. The first-order valence-electron chi connectivity index (χ1n) is 4.15. The highest BCUT2D eigenvalue weighted by Gasteiger charge is 2.42. The summed E-state index contributed by atoms with van der Waals surface area (Å²) in [6.45, 7) is 4.76. The molecular formula is C10H12F4O. The Hall–Kier alpha value is -1.02. The van der Waals surface area contributed by atoms with Crippen LogP contribution in [0.3, 0.4) is 0 Å². The maximum Gasteiger partial charge on any atom is 0.330 e. The van der Waals surface area contributed by atoms with Crippen molar-refractivity contribution in [3.8, 4) is 11.8 Å². The van der Waals surface area contributed by atoms with Crippen molar-refractivity contribution in [2.75, 3.05) is 6.61 Å². The van der Waals surface area contributed by atoms with E-state index in [9.17, 15) is 17.6 Å². The van der Waals surface area contributed by atoms with Gasteiger partial charge in [-0.05, 0) is 19.9 Å². The summed E-state index contributed by atoms with van der Waals surface area (Å²) in [6.07, 6.45) is -2.48. The fourth-order valence-electron chi connectivity index (χ4n) is 0.601. The van der Waals surface area contributed by atoms with Gasteiger partial charge in [-0.1, -0.05) is 18.4 Å². The van der Waals surface area contributed by atoms with E-state index in [0.717, 1.165) is 0 Å². The molecule has 86 valence electrons. The zero-order valence-corrected chi connectivity index (χ0v) is 8.49. The van der Waals surface area contributed by atoms with Crippen molar-refractivity contribution in [3.05, 3.63) is 12.7 Å². The second-order valence-electron chi connectivity index (χ2n) is 3.33. The minimum Gasteiger partial charge on any atom is -0.356 e. The second kappa shape index (κ2) is 5.17. The Labute approximate surface area is 86.1 Å². The molecule has 0 saturated carbocycles. The highest BCUT2D eigenvalue weighted by molar-refractivity contribution is 5.19. The largest absolute Gasteiger partial charge is 0.356 e. The standard InChI is InChI=1S/C10H12F4O/c1-4-5-6-9(2,3)15-7-10(13,14)8(11)12/h4,8H,1,7H2,2-3H3. The van der Waals surface area contributed by atoms with E-state index in [0.29, 0.717) is 0 Å². The molecule has 15 heavy (non-hydrogen) atoms. The number of ether oxygens (including phenoxy) is 1. The van der Waals surface area contributed by atoms with Crippen molar-refractivity contribution < 1.29 is 22.3 Å². The van der Waals surface area contributed by atoms with Crippen LogP contribution in [0.1, 0.15) is 13.8 Å². The number of allylic oxidation sites excluding steroid dienone is 1. The summed E-state index contributed by atoms with van der Waals surface area (Å²) in [5, 5.41) is 0. The van der Waals surface area contributed by atoms with Gasteiger partial charge in [-0.25, -0.2) is 8.78 Å². The van der Waals surface area contributed by atoms with Crippen LogP contribution in [-0.2, 0) is 4.74 Å². The summed E-state index contributed by atoms with van der Waals surface area (Å²) in [4.78, 5) is 0. The van der Waals surface area contributed by atoms with E-state index in [1.54, 1.807) is 0 Å². The molecule has 0 N–H and O–H groups in total. The first-order chi connectivity index (χ1) is 6.71. The van der Waals surface area contributed by atoms with Crippen LogP contribution in [-0.4, -0.2) is 24.6 Å². The lowest BCUT2D eigenvalue weighted by Gasteiger charge is -2.22. The van der Waals surface area contributed by atoms with Gasteiger partial charge in [0.25, 0.3) is 0 Å². The van der Waals surface area contributed by atoms with Crippen LogP contribution in [0.2, 0.25) is 0 Å². The maximum absolute atomic E-state index is 12.5. The molecule has 0 rings (SSSR count). The first-order valence-corrected chi connectivity index (χ1v) is 4.15. The number of hydrogen-bond acceptors (Lipinski definition) is 1. The van der Waals surface area contributed by atoms with Crippen molar-refractivity contribution in [1.82, 2.24) is 0 Å². The minimum atomic E-state index is -4.15. The third-order valence-electron chi connectivity index (χ3n) is 1.42. The normalized spacial score (nSPS) is 12.2. The molecule has 0 aliphatic heterocycles. The van der Waals surface area contributed by atoms with Crippen molar-refractivity contribution in [3.63, 3.8) is 0 Å². The Morgan fingerprint density at radius 1 is 1.40 bits per heavy atom. The number of alkyl halides is 4. The molecule has 0 aliphatic rings. The minimum absolute atomic E-state index is 1.20. The maximum atomic E-state index is 12.5. The van der Waals surface area contributed by atoms with E-state index in [1.807, 2.05) is 0 Å². The highest BCUT2D eigenvalue weighted by atomic mass is 19.3. The molecule has 0 fully saturated rings. The van der Waals surface area contributed by atoms with Gasteiger partial charge in [0.2, 0.25) is 0 Å². The van der Waals surface area contributed by atoms with Gasteiger partial charge >= 0.3 is 12.3 Å². The number of rotatable bonds is 4. The van der Waals surface area contributed by atoms with E-state index in [4.69, 9.17) is 0 Å². The van der Waals surface area contributed by atoms with E-state index >= 15 is 0 Å². The first kappa shape index (κ1) is 14.0. The van der Waals surface area contributed by atoms with E-state index in [-0.39, 0.29) is 0 Å². The van der Waals surface area contributed by atoms with Crippen molar-refractivity contribution in [1.29, 1.82) is 0 Å². The molecule has 0 aromatic carbocycles.